The number of unbranched alkanes of at least 4 members (excludes halogenated alkanes) is 1. The number of allylic oxidation sites excluding steroid dienone is 2. The molecule has 3 rings (SSSR count). The molecule has 2 aromatic rings. The van der Waals surface area contributed by atoms with E-state index in [0.717, 1.165) is 30.7 Å². The zero-order valence-electron chi connectivity index (χ0n) is 18.0. The molecule has 0 atom stereocenters. The fourth-order valence-electron chi connectivity index (χ4n) is 3.69. The highest BCUT2D eigenvalue weighted by Gasteiger charge is 2.33. The normalized spacial score (nSPS) is 14.1. The van der Waals surface area contributed by atoms with Crippen LogP contribution in [0, 0.1) is 5.82 Å². The molecule has 0 saturated carbocycles. The second-order valence-electron chi connectivity index (χ2n) is 7.50. The molecule has 0 fully saturated rings. The van der Waals surface area contributed by atoms with E-state index in [4.69, 9.17) is 9.47 Å². The maximum absolute atomic E-state index is 14.2. The van der Waals surface area contributed by atoms with E-state index in [2.05, 4.69) is 4.98 Å². The summed E-state index contributed by atoms with van der Waals surface area (Å²) in [7, 11) is 0. The van der Waals surface area contributed by atoms with Gasteiger partial charge in [0.15, 0.2) is 0 Å². The third kappa shape index (κ3) is 5.29. The Labute approximate surface area is 184 Å². The van der Waals surface area contributed by atoms with E-state index in [1.807, 2.05) is 6.92 Å². The van der Waals surface area contributed by atoms with Gasteiger partial charge in [-0.1, -0.05) is 19.4 Å². The molecular formula is C24H25F4NO3. The first-order valence-corrected chi connectivity index (χ1v) is 10.7. The minimum Gasteiger partial charge on any atom is -0.477 e. The maximum Gasteiger partial charge on any atom is 0.417 e. The van der Waals surface area contributed by atoms with Gasteiger partial charge >= 0.3 is 12.1 Å². The summed E-state index contributed by atoms with van der Waals surface area (Å²) in [5, 5.41) is 0. The summed E-state index contributed by atoms with van der Waals surface area (Å²) < 4.78 is 65.0. The standard InChI is InChI=1S/C24H25F4NO3/c1-3-5-11-32-22-19(13-16(14-29-22)24(26,27)28)18-8-6-7-17(18)15-9-10-21(25)20(12-15)23(30)31-4-2/h9-10,12-14H,3-8,11H2,1-2H3. The number of benzene rings is 1. The van der Waals surface area contributed by atoms with Crippen LogP contribution in [0.25, 0.3) is 11.1 Å². The number of carbonyl (C=O) groups excluding carboxylic acids is 1. The lowest BCUT2D eigenvalue weighted by molar-refractivity contribution is -0.137. The molecule has 8 heteroatoms. The van der Waals surface area contributed by atoms with E-state index in [1.54, 1.807) is 6.92 Å². The predicted molar refractivity (Wildman–Crippen MR) is 113 cm³/mol. The van der Waals surface area contributed by atoms with Crippen LogP contribution in [0.15, 0.2) is 30.5 Å². The van der Waals surface area contributed by atoms with Crippen molar-refractivity contribution in [3.63, 3.8) is 0 Å². The number of nitrogens with zero attached hydrogens (tertiary/aromatic N) is 1. The number of hydrogen-bond donors (Lipinski definition) is 0. The first-order chi connectivity index (χ1) is 15.3. The second-order valence-corrected chi connectivity index (χ2v) is 7.50. The third-order valence-corrected chi connectivity index (χ3v) is 5.27. The van der Waals surface area contributed by atoms with E-state index in [1.165, 1.54) is 18.2 Å². The lowest BCUT2D eigenvalue weighted by Gasteiger charge is -2.16. The number of aromatic nitrogens is 1. The highest BCUT2D eigenvalue weighted by Crippen LogP contribution is 2.44. The largest absolute Gasteiger partial charge is 0.477 e. The number of pyridine rings is 1. The first kappa shape index (κ1) is 23.8. The van der Waals surface area contributed by atoms with Crippen molar-refractivity contribution in [3.05, 3.63) is 58.5 Å². The fraction of sp³-hybridized carbons (Fsp3) is 0.417. The van der Waals surface area contributed by atoms with Crippen molar-refractivity contribution in [1.29, 1.82) is 0 Å². The molecule has 1 aromatic carbocycles. The van der Waals surface area contributed by atoms with Gasteiger partial charge in [0.2, 0.25) is 5.88 Å². The van der Waals surface area contributed by atoms with Crippen LogP contribution >= 0.6 is 0 Å². The summed E-state index contributed by atoms with van der Waals surface area (Å²) >= 11 is 0. The van der Waals surface area contributed by atoms with E-state index >= 15 is 0 Å². The summed E-state index contributed by atoms with van der Waals surface area (Å²) in [4.78, 5) is 16.1. The molecule has 1 aromatic heterocycles. The summed E-state index contributed by atoms with van der Waals surface area (Å²) in [6.45, 7) is 4.05. The van der Waals surface area contributed by atoms with Crippen molar-refractivity contribution in [2.75, 3.05) is 13.2 Å². The van der Waals surface area contributed by atoms with Gasteiger partial charge in [0.05, 0.1) is 24.3 Å². The first-order valence-electron chi connectivity index (χ1n) is 10.7. The van der Waals surface area contributed by atoms with Crippen molar-refractivity contribution in [3.8, 4) is 5.88 Å². The average Bonchev–Trinajstić information content (AvgIpc) is 3.23. The Bertz CT molecular complexity index is 1010. The molecule has 1 aliphatic rings. The molecule has 0 unspecified atom stereocenters. The molecular weight excluding hydrogens is 426 g/mol. The van der Waals surface area contributed by atoms with Crippen LogP contribution < -0.4 is 4.74 Å². The lowest BCUT2D eigenvalue weighted by Crippen LogP contribution is -2.09. The van der Waals surface area contributed by atoms with Gasteiger partial charge in [-0.2, -0.15) is 13.2 Å². The molecule has 0 radical (unpaired) electrons. The average molecular weight is 451 g/mol. The highest BCUT2D eigenvalue weighted by molar-refractivity contribution is 5.96. The van der Waals surface area contributed by atoms with Gasteiger partial charge in [0, 0.05) is 11.8 Å². The lowest BCUT2D eigenvalue weighted by atomic mass is 9.95. The van der Waals surface area contributed by atoms with Crippen molar-refractivity contribution >= 4 is 17.1 Å². The topological polar surface area (TPSA) is 48.4 Å². The summed E-state index contributed by atoms with van der Waals surface area (Å²) in [6, 6.07) is 5.16. The van der Waals surface area contributed by atoms with Crippen molar-refractivity contribution in [2.45, 2.75) is 52.1 Å². The smallest absolute Gasteiger partial charge is 0.417 e. The van der Waals surface area contributed by atoms with Gasteiger partial charge in [-0.05, 0) is 67.5 Å². The number of halogens is 4. The van der Waals surface area contributed by atoms with Gasteiger partial charge in [0.1, 0.15) is 5.82 Å². The summed E-state index contributed by atoms with van der Waals surface area (Å²) in [5.41, 5.74) is 1.20. The van der Waals surface area contributed by atoms with Gasteiger partial charge < -0.3 is 9.47 Å². The number of alkyl halides is 3. The Balaban J connectivity index is 2.11. The molecule has 0 amide bonds. The van der Waals surface area contributed by atoms with Crippen LogP contribution in [0.5, 0.6) is 5.88 Å². The van der Waals surface area contributed by atoms with Crippen LogP contribution in [0.2, 0.25) is 0 Å². The quantitative estimate of drug-likeness (QED) is 0.255. The third-order valence-electron chi connectivity index (χ3n) is 5.27. The number of carbonyl (C=O) groups is 1. The number of hydrogen-bond acceptors (Lipinski definition) is 4. The molecule has 0 bridgehead atoms. The van der Waals surface area contributed by atoms with E-state index < -0.39 is 23.5 Å². The Morgan fingerprint density at radius 1 is 1.12 bits per heavy atom. The Kier molecular flexibility index (Phi) is 7.53. The van der Waals surface area contributed by atoms with Gasteiger partial charge in [-0.3, -0.25) is 0 Å². The monoisotopic (exact) mass is 451 g/mol. The zero-order chi connectivity index (χ0) is 23.3. The summed E-state index contributed by atoms with van der Waals surface area (Å²) in [5.74, 6) is -1.35. The van der Waals surface area contributed by atoms with Crippen LogP contribution in [0.1, 0.15) is 73.0 Å². The minimum absolute atomic E-state index is 0.102. The van der Waals surface area contributed by atoms with Crippen LogP contribution in [-0.4, -0.2) is 24.2 Å². The zero-order valence-corrected chi connectivity index (χ0v) is 18.0. The molecule has 4 nitrogen and oxygen atoms in total. The number of esters is 1. The van der Waals surface area contributed by atoms with Crippen LogP contribution in [0.4, 0.5) is 17.6 Å². The van der Waals surface area contributed by atoms with Crippen molar-refractivity contribution in [2.24, 2.45) is 0 Å². The molecule has 0 spiro atoms. The van der Waals surface area contributed by atoms with Crippen LogP contribution in [0.3, 0.4) is 0 Å². The molecule has 1 heterocycles. The van der Waals surface area contributed by atoms with E-state index in [0.29, 0.717) is 37.0 Å². The predicted octanol–water partition coefficient (Wildman–Crippen LogP) is 6.69. The van der Waals surface area contributed by atoms with Crippen molar-refractivity contribution < 1.29 is 31.8 Å². The Hall–Kier alpha value is -2.90. The van der Waals surface area contributed by atoms with Gasteiger partial charge in [-0.25, -0.2) is 14.2 Å². The molecule has 0 N–H and O–H groups in total. The van der Waals surface area contributed by atoms with Crippen LogP contribution in [-0.2, 0) is 10.9 Å². The molecule has 1 aliphatic carbocycles. The molecule has 0 saturated heterocycles. The number of ether oxygens (including phenoxy) is 2. The Morgan fingerprint density at radius 2 is 1.88 bits per heavy atom. The van der Waals surface area contributed by atoms with Gasteiger partial charge in [0.25, 0.3) is 0 Å². The Morgan fingerprint density at radius 3 is 2.56 bits per heavy atom. The molecule has 32 heavy (non-hydrogen) atoms. The SMILES string of the molecule is CCCCOc1ncc(C(F)(F)F)cc1C1=C(c2ccc(F)c(C(=O)OCC)c2)CCC1. The maximum atomic E-state index is 14.2. The van der Waals surface area contributed by atoms with Gasteiger partial charge in [-0.15, -0.1) is 0 Å². The van der Waals surface area contributed by atoms with Crippen molar-refractivity contribution in [1.82, 2.24) is 4.98 Å². The number of rotatable bonds is 8. The van der Waals surface area contributed by atoms with E-state index in [-0.39, 0.29) is 23.6 Å². The summed E-state index contributed by atoms with van der Waals surface area (Å²) in [6.07, 6.45) is -0.346. The minimum atomic E-state index is -4.55. The molecule has 172 valence electrons. The van der Waals surface area contributed by atoms with E-state index in [9.17, 15) is 22.4 Å². The highest BCUT2D eigenvalue weighted by atomic mass is 19.4. The fourth-order valence-corrected chi connectivity index (χ4v) is 3.69. The second kappa shape index (κ2) is 10.1. The molecule has 0 aliphatic heterocycles.